The molecule has 1 aliphatic rings. The fourth-order valence-electron chi connectivity index (χ4n) is 2.08. The van der Waals surface area contributed by atoms with E-state index in [9.17, 15) is 14.7 Å². The highest BCUT2D eigenvalue weighted by Crippen LogP contribution is 2.22. The number of carbonyl (C=O) groups is 2. The molecule has 104 valence electrons. The van der Waals surface area contributed by atoms with Gasteiger partial charge in [-0.2, -0.15) is 5.10 Å². The highest BCUT2D eigenvalue weighted by Gasteiger charge is 2.42. The summed E-state index contributed by atoms with van der Waals surface area (Å²) in [7, 11) is 0. The number of carbonyl (C=O) groups excluding carboxylic acids is 1. The van der Waals surface area contributed by atoms with Crippen molar-refractivity contribution in [2.45, 2.75) is 31.3 Å². The minimum absolute atomic E-state index is 0.278. The molecule has 0 spiro atoms. The van der Waals surface area contributed by atoms with E-state index in [4.69, 9.17) is 4.74 Å². The third-order valence-corrected chi connectivity index (χ3v) is 3.42. The minimum atomic E-state index is -1.23. The molecule has 0 aliphatic carbocycles. The molecule has 2 N–H and O–H groups in total. The minimum Gasteiger partial charge on any atom is -0.480 e. The maximum atomic E-state index is 12.1. The normalized spacial score (nSPS) is 19.6. The summed E-state index contributed by atoms with van der Waals surface area (Å²) in [5, 5.41) is 16.0. The summed E-state index contributed by atoms with van der Waals surface area (Å²) in [6.07, 6.45) is 3.80. The molecule has 7 heteroatoms. The Balaban J connectivity index is 2.09. The average molecular weight is 267 g/mol. The van der Waals surface area contributed by atoms with Gasteiger partial charge in [0.1, 0.15) is 11.6 Å². The van der Waals surface area contributed by atoms with Crippen molar-refractivity contribution in [3.63, 3.8) is 0 Å². The second kappa shape index (κ2) is 5.40. The zero-order valence-electron chi connectivity index (χ0n) is 10.7. The van der Waals surface area contributed by atoms with Crippen molar-refractivity contribution >= 4 is 11.9 Å². The lowest BCUT2D eigenvalue weighted by molar-refractivity contribution is -0.152. The van der Waals surface area contributed by atoms with Crippen LogP contribution in [-0.4, -0.2) is 45.5 Å². The number of carboxylic acid groups (broad SMARTS) is 1. The first-order valence-corrected chi connectivity index (χ1v) is 6.17. The number of aromatic nitrogens is 2. The van der Waals surface area contributed by atoms with E-state index in [0.717, 1.165) is 0 Å². The zero-order chi connectivity index (χ0) is 13.9. The van der Waals surface area contributed by atoms with Crippen LogP contribution in [0.2, 0.25) is 0 Å². The van der Waals surface area contributed by atoms with Crippen LogP contribution in [-0.2, 0) is 14.3 Å². The van der Waals surface area contributed by atoms with E-state index in [1.165, 1.54) is 4.68 Å². The number of hydrogen-bond acceptors (Lipinski definition) is 4. The number of ether oxygens (including phenoxy) is 1. The fourth-order valence-corrected chi connectivity index (χ4v) is 2.08. The Bertz CT molecular complexity index is 452. The molecule has 0 radical (unpaired) electrons. The van der Waals surface area contributed by atoms with Crippen LogP contribution in [0.1, 0.15) is 25.8 Å². The second-order valence-corrected chi connectivity index (χ2v) is 4.65. The van der Waals surface area contributed by atoms with Gasteiger partial charge < -0.3 is 15.2 Å². The average Bonchev–Trinajstić information content (AvgIpc) is 2.92. The van der Waals surface area contributed by atoms with Crippen LogP contribution >= 0.6 is 0 Å². The Morgan fingerprint density at radius 2 is 2.16 bits per heavy atom. The number of nitrogens with zero attached hydrogens (tertiary/aromatic N) is 2. The molecule has 0 bridgehead atoms. The smallest absolute Gasteiger partial charge is 0.329 e. The first-order valence-electron chi connectivity index (χ1n) is 6.17. The maximum absolute atomic E-state index is 12.1. The van der Waals surface area contributed by atoms with Gasteiger partial charge in [0.2, 0.25) is 5.91 Å². The highest BCUT2D eigenvalue weighted by molar-refractivity contribution is 5.88. The predicted octanol–water partition coefficient (Wildman–Crippen LogP) is 0.194. The standard InChI is InChI=1S/C12H17N3O4/c1-9(15-6-2-5-13-15)10(16)14-12(11(17)18)3-7-19-8-4-12/h2,5-6,9H,3-4,7-8H2,1H3,(H,14,16)(H,17,18). The Labute approximate surface area is 110 Å². The topological polar surface area (TPSA) is 93.5 Å². The number of carboxylic acids is 1. The number of aliphatic carboxylic acids is 1. The molecule has 1 atom stereocenters. The number of hydrogen-bond donors (Lipinski definition) is 2. The molecular weight excluding hydrogens is 250 g/mol. The first-order chi connectivity index (χ1) is 9.05. The van der Waals surface area contributed by atoms with Crippen LogP contribution in [0.25, 0.3) is 0 Å². The molecular formula is C12H17N3O4. The van der Waals surface area contributed by atoms with Gasteiger partial charge in [-0.1, -0.05) is 0 Å². The Kier molecular flexibility index (Phi) is 3.84. The monoisotopic (exact) mass is 267 g/mol. The summed E-state index contributed by atoms with van der Waals surface area (Å²) in [6.45, 7) is 2.35. The maximum Gasteiger partial charge on any atom is 0.329 e. The Hall–Kier alpha value is -1.89. The van der Waals surface area contributed by atoms with Crippen molar-refractivity contribution in [2.24, 2.45) is 0 Å². The van der Waals surface area contributed by atoms with Gasteiger partial charge in [-0.25, -0.2) is 4.79 Å². The lowest BCUT2D eigenvalue weighted by Gasteiger charge is -2.34. The quantitative estimate of drug-likeness (QED) is 0.812. The molecule has 0 saturated carbocycles. The van der Waals surface area contributed by atoms with Gasteiger partial charge in [0.05, 0.1) is 0 Å². The van der Waals surface area contributed by atoms with Gasteiger partial charge in [0.15, 0.2) is 0 Å². The van der Waals surface area contributed by atoms with Gasteiger partial charge in [-0.15, -0.1) is 0 Å². The molecule has 1 saturated heterocycles. The molecule has 1 aromatic heterocycles. The molecule has 1 unspecified atom stereocenters. The summed E-state index contributed by atoms with van der Waals surface area (Å²) in [6, 6.07) is 1.17. The lowest BCUT2D eigenvalue weighted by Crippen LogP contribution is -2.58. The van der Waals surface area contributed by atoms with Crippen molar-refractivity contribution < 1.29 is 19.4 Å². The van der Waals surface area contributed by atoms with E-state index in [1.807, 2.05) is 0 Å². The number of nitrogens with one attached hydrogen (secondary N) is 1. The van der Waals surface area contributed by atoms with Gasteiger partial charge in [0.25, 0.3) is 0 Å². The summed E-state index contributed by atoms with van der Waals surface area (Å²) in [5.74, 6) is -1.37. The van der Waals surface area contributed by atoms with Crippen molar-refractivity contribution in [1.82, 2.24) is 15.1 Å². The largest absolute Gasteiger partial charge is 0.480 e. The molecule has 1 aromatic rings. The summed E-state index contributed by atoms with van der Waals surface area (Å²) >= 11 is 0. The van der Waals surface area contributed by atoms with Crippen molar-refractivity contribution in [2.75, 3.05) is 13.2 Å². The molecule has 7 nitrogen and oxygen atoms in total. The Morgan fingerprint density at radius 1 is 1.47 bits per heavy atom. The molecule has 0 aromatic carbocycles. The van der Waals surface area contributed by atoms with E-state index in [2.05, 4.69) is 10.4 Å². The zero-order valence-corrected chi connectivity index (χ0v) is 10.7. The third-order valence-electron chi connectivity index (χ3n) is 3.42. The van der Waals surface area contributed by atoms with E-state index >= 15 is 0 Å². The molecule has 2 heterocycles. The van der Waals surface area contributed by atoms with E-state index < -0.39 is 17.6 Å². The van der Waals surface area contributed by atoms with Gasteiger partial charge in [-0.3, -0.25) is 9.48 Å². The van der Waals surface area contributed by atoms with Gasteiger partial charge in [0, 0.05) is 38.4 Å². The number of rotatable bonds is 4. The van der Waals surface area contributed by atoms with E-state index in [1.54, 1.807) is 25.4 Å². The summed E-state index contributed by atoms with van der Waals surface area (Å²) in [5.41, 5.74) is -1.23. The predicted molar refractivity (Wildman–Crippen MR) is 65.5 cm³/mol. The molecule has 19 heavy (non-hydrogen) atoms. The molecule has 1 amide bonds. The van der Waals surface area contributed by atoms with Crippen LogP contribution in [0, 0.1) is 0 Å². The lowest BCUT2D eigenvalue weighted by atomic mass is 9.90. The van der Waals surface area contributed by atoms with E-state index in [0.29, 0.717) is 13.2 Å². The van der Waals surface area contributed by atoms with Crippen LogP contribution in [0.5, 0.6) is 0 Å². The summed E-state index contributed by atoms with van der Waals surface area (Å²) < 4.78 is 6.65. The van der Waals surface area contributed by atoms with Crippen molar-refractivity contribution in [3.05, 3.63) is 18.5 Å². The Morgan fingerprint density at radius 3 is 2.68 bits per heavy atom. The van der Waals surface area contributed by atoms with Gasteiger partial charge >= 0.3 is 5.97 Å². The fraction of sp³-hybridized carbons (Fsp3) is 0.583. The highest BCUT2D eigenvalue weighted by atomic mass is 16.5. The van der Waals surface area contributed by atoms with Crippen molar-refractivity contribution in [3.8, 4) is 0 Å². The summed E-state index contributed by atoms with van der Waals surface area (Å²) in [4.78, 5) is 23.6. The second-order valence-electron chi connectivity index (χ2n) is 4.65. The van der Waals surface area contributed by atoms with E-state index in [-0.39, 0.29) is 18.7 Å². The number of amides is 1. The molecule has 1 fully saturated rings. The van der Waals surface area contributed by atoms with Gasteiger partial charge in [-0.05, 0) is 13.0 Å². The first kappa shape index (κ1) is 13.5. The van der Waals surface area contributed by atoms with Crippen LogP contribution in [0.15, 0.2) is 18.5 Å². The van der Waals surface area contributed by atoms with Crippen LogP contribution < -0.4 is 5.32 Å². The SMILES string of the molecule is CC(C(=O)NC1(C(=O)O)CCOCC1)n1cccn1. The van der Waals surface area contributed by atoms with Crippen LogP contribution in [0.3, 0.4) is 0 Å². The third kappa shape index (κ3) is 2.76. The molecule has 1 aliphatic heterocycles. The van der Waals surface area contributed by atoms with Crippen molar-refractivity contribution in [1.29, 1.82) is 0 Å². The van der Waals surface area contributed by atoms with Crippen LogP contribution in [0.4, 0.5) is 0 Å². The molecule has 2 rings (SSSR count).